The number of nitrogens with zero attached hydrogens (tertiary/aromatic N) is 1. The molecular weight excluding hydrogens is 296 g/mol. The number of phenolic OH excluding ortho intramolecular Hbond substituents is 1. The van der Waals surface area contributed by atoms with Gasteiger partial charge in [0.25, 0.3) is 10.0 Å². The van der Waals surface area contributed by atoms with Gasteiger partial charge < -0.3 is 5.11 Å². The Morgan fingerprint density at radius 3 is 2.70 bits per heavy atom. The van der Waals surface area contributed by atoms with E-state index >= 15 is 0 Å². The highest BCUT2D eigenvalue weighted by Crippen LogP contribution is 2.29. The molecule has 1 aromatic carbocycles. The lowest BCUT2D eigenvalue weighted by atomic mass is 10.1. The van der Waals surface area contributed by atoms with Crippen LogP contribution in [-0.4, -0.2) is 13.5 Å². The molecule has 0 saturated heterocycles. The van der Waals surface area contributed by atoms with Crippen LogP contribution < -0.4 is 4.72 Å². The maximum absolute atomic E-state index is 12.2. The minimum Gasteiger partial charge on any atom is -0.506 e. The highest BCUT2D eigenvalue weighted by atomic mass is 32.2. The Hall–Kier alpha value is -2.04. The normalized spacial score (nSPS) is 11.0. The van der Waals surface area contributed by atoms with Crippen LogP contribution in [0.5, 0.6) is 5.75 Å². The summed E-state index contributed by atoms with van der Waals surface area (Å²) in [5, 5.41) is 18.4. The van der Waals surface area contributed by atoms with E-state index in [0.29, 0.717) is 4.88 Å². The number of hydrogen-bond donors (Lipinski definition) is 2. The molecule has 0 aliphatic rings. The van der Waals surface area contributed by atoms with Gasteiger partial charge in [-0.1, -0.05) is 13.0 Å². The van der Waals surface area contributed by atoms with E-state index in [0.717, 1.165) is 23.3 Å². The van der Waals surface area contributed by atoms with E-state index in [9.17, 15) is 13.5 Å². The molecule has 0 amide bonds. The molecule has 1 heterocycles. The number of anilines is 1. The number of phenols is 1. The van der Waals surface area contributed by atoms with Gasteiger partial charge in [-0.2, -0.15) is 5.26 Å². The van der Waals surface area contributed by atoms with Crippen LogP contribution in [0.4, 0.5) is 5.69 Å². The molecule has 2 rings (SSSR count). The third-order valence-electron chi connectivity index (χ3n) is 2.67. The van der Waals surface area contributed by atoms with E-state index in [1.165, 1.54) is 18.2 Å². The van der Waals surface area contributed by atoms with Gasteiger partial charge in [-0.25, -0.2) is 8.42 Å². The first kappa shape index (κ1) is 14.4. The Labute approximate surface area is 121 Å². The molecule has 104 valence electrons. The second kappa shape index (κ2) is 5.53. The van der Waals surface area contributed by atoms with Gasteiger partial charge >= 0.3 is 0 Å². The summed E-state index contributed by atoms with van der Waals surface area (Å²) in [6, 6.07) is 9.47. The van der Waals surface area contributed by atoms with Crippen molar-refractivity contribution in [3.05, 3.63) is 40.8 Å². The number of nitrogens with one attached hydrogen (secondary N) is 1. The predicted molar refractivity (Wildman–Crippen MR) is 77.3 cm³/mol. The average molecular weight is 308 g/mol. The van der Waals surface area contributed by atoms with E-state index in [4.69, 9.17) is 5.26 Å². The van der Waals surface area contributed by atoms with Gasteiger partial charge in [0, 0.05) is 0 Å². The third kappa shape index (κ3) is 2.92. The zero-order valence-electron chi connectivity index (χ0n) is 10.6. The molecular formula is C13H12N2O3S2. The van der Waals surface area contributed by atoms with Crippen LogP contribution in [0.1, 0.15) is 17.4 Å². The van der Waals surface area contributed by atoms with Gasteiger partial charge in [-0.15, -0.1) is 11.3 Å². The summed E-state index contributed by atoms with van der Waals surface area (Å²) in [5.41, 5.74) is 1.04. The van der Waals surface area contributed by atoms with Crippen LogP contribution in [0.2, 0.25) is 0 Å². The van der Waals surface area contributed by atoms with Crippen LogP contribution in [0.3, 0.4) is 0 Å². The van der Waals surface area contributed by atoms with Crippen molar-refractivity contribution in [1.82, 2.24) is 0 Å². The molecule has 5 nitrogen and oxygen atoms in total. The van der Waals surface area contributed by atoms with E-state index in [-0.39, 0.29) is 15.6 Å². The minimum absolute atomic E-state index is 0.0374. The van der Waals surface area contributed by atoms with Crippen molar-refractivity contribution in [3.8, 4) is 11.8 Å². The molecule has 2 aromatic rings. The Morgan fingerprint density at radius 2 is 2.10 bits per heavy atom. The lowest BCUT2D eigenvalue weighted by molar-refractivity contribution is 0.477. The van der Waals surface area contributed by atoms with E-state index in [1.807, 2.05) is 13.0 Å². The van der Waals surface area contributed by atoms with Crippen LogP contribution in [0.15, 0.2) is 34.5 Å². The van der Waals surface area contributed by atoms with Crippen molar-refractivity contribution in [2.75, 3.05) is 4.72 Å². The molecule has 0 aliphatic heterocycles. The summed E-state index contributed by atoms with van der Waals surface area (Å²) in [5.74, 6) is -0.136. The third-order valence-corrected chi connectivity index (χ3v) is 5.52. The molecule has 0 fully saturated rings. The fourth-order valence-corrected chi connectivity index (χ4v) is 3.77. The van der Waals surface area contributed by atoms with E-state index in [2.05, 4.69) is 4.72 Å². The predicted octanol–water partition coefficient (Wildman–Crippen LogP) is 2.69. The van der Waals surface area contributed by atoms with Crippen LogP contribution >= 0.6 is 11.3 Å². The molecule has 7 heteroatoms. The fourth-order valence-electron chi connectivity index (χ4n) is 1.60. The number of aromatic hydroxyl groups is 1. The summed E-state index contributed by atoms with van der Waals surface area (Å²) in [4.78, 5) is 0.317. The molecule has 0 saturated carbocycles. The number of hydrogen-bond acceptors (Lipinski definition) is 5. The van der Waals surface area contributed by atoms with Gasteiger partial charge in [0.05, 0.1) is 5.69 Å². The number of aryl methyl sites for hydroxylation is 1. The average Bonchev–Trinajstić information content (AvgIpc) is 2.91. The highest BCUT2D eigenvalue weighted by molar-refractivity contribution is 7.94. The second-order valence-electron chi connectivity index (χ2n) is 4.04. The zero-order chi connectivity index (χ0) is 14.8. The quantitative estimate of drug-likeness (QED) is 0.850. The molecule has 0 bridgehead atoms. The Balaban J connectivity index is 2.35. The maximum Gasteiger partial charge on any atom is 0.271 e. The first-order valence-electron chi connectivity index (χ1n) is 5.81. The van der Waals surface area contributed by atoms with E-state index < -0.39 is 10.0 Å². The lowest BCUT2D eigenvalue weighted by Crippen LogP contribution is -2.11. The molecule has 0 atom stereocenters. The largest absolute Gasteiger partial charge is 0.506 e. The summed E-state index contributed by atoms with van der Waals surface area (Å²) in [7, 11) is -3.79. The minimum atomic E-state index is -3.79. The van der Waals surface area contributed by atoms with Crippen molar-refractivity contribution in [1.29, 1.82) is 5.26 Å². The number of benzene rings is 1. The second-order valence-corrected chi connectivity index (χ2v) is 7.03. The van der Waals surface area contributed by atoms with Gasteiger partial charge in [0.1, 0.15) is 20.9 Å². The topological polar surface area (TPSA) is 90.2 Å². The summed E-state index contributed by atoms with van der Waals surface area (Å²) in [6.45, 7) is 1.93. The van der Waals surface area contributed by atoms with Crippen LogP contribution in [0, 0.1) is 11.3 Å². The van der Waals surface area contributed by atoms with Crippen LogP contribution in [-0.2, 0) is 16.4 Å². The summed E-state index contributed by atoms with van der Waals surface area (Å²) in [6.07, 6.45) is 0.729. The van der Waals surface area contributed by atoms with Crippen LogP contribution in [0.25, 0.3) is 0 Å². The zero-order valence-corrected chi connectivity index (χ0v) is 12.3. The van der Waals surface area contributed by atoms with Crippen molar-refractivity contribution < 1.29 is 13.5 Å². The molecule has 1 aromatic heterocycles. The number of rotatable bonds is 4. The SMILES string of the molecule is CCc1ccc(O)c(NS(=O)(=O)c2ccc(C#N)s2)c1. The van der Waals surface area contributed by atoms with Gasteiger partial charge in [0.2, 0.25) is 0 Å². The van der Waals surface area contributed by atoms with Crippen molar-refractivity contribution in [2.24, 2.45) is 0 Å². The van der Waals surface area contributed by atoms with Crippen molar-refractivity contribution in [2.45, 2.75) is 17.6 Å². The molecule has 0 spiro atoms. The Morgan fingerprint density at radius 1 is 1.35 bits per heavy atom. The number of sulfonamides is 1. The summed E-state index contributed by atoms with van der Waals surface area (Å²) < 4.78 is 26.7. The van der Waals surface area contributed by atoms with Crippen molar-refractivity contribution in [3.63, 3.8) is 0 Å². The molecule has 2 N–H and O–H groups in total. The van der Waals surface area contributed by atoms with E-state index in [1.54, 1.807) is 12.1 Å². The Bertz CT molecular complexity index is 773. The smallest absolute Gasteiger partial charge is 0.271 e. The van der Waals surface area contributed by atoms with Gasteiger partial charge in [-0.05, 0) is 36.2 Å². The van der Waals surface area contributed by atoms with Gasteiger partial charge in [0.15, 0.2) is 0 Å². The monoisotopic (exact) mass is 308 g/mol. The lowest BCUT2D eigenvalue weighted by Gasteiger charge is -2.09. The Kier molecular flexibility index (Phi) is 3.97. The summed E-state index contributed by atoms with van der Waals surface area (Å²) >= 11 is 0.882. The molecule has 0 aliphatic carbocycles. The number of thiophene rings is 1. The maximum atomic E-state index is 12.2. The van der Waals surface area contributed by atoms with Crippen molar-refractivity contribution >= 4 is 27.0 Å². The first-order valence-corrected chi connectivity index (χ1v) is 8.11. The number of nitriles is 1. The molecule has 0 unspecified atom stereocenters. The fraction of sp³-hybridized carbons (Fsp3) is 0.154. The highest BCUT2D eigenvalue weighted by Gasteiger charge is 2.18. The first-order chi connectivity index (χ1) is 9.46. The molecule has 0 radical (unpaired) electrons. The molecule has 20 heavy (non-hydrogen) atoms. The van der Waals surface area contributed by atoms with Gasteiger partial charge in [-0.3, -0.25) is 4.72 Å². The standard InChI is InChI=1S/C13H12N2O3S2/c1-2-9-3-5-12(16)11(7-9)15-20(17,18)13-6-4-10(8-14)19-13/h3-7,15-16H,2H2,1H3.